The van der Waals surface area contributed by atoms with Crippen molar-refractivity contribution in [1.29, 1.82) is 0 Å². The van der Waals surface area contributed by atoms with Gasteiger partial charge in [0.2, 0.25) is 10.0 Å². The van der Waals surface area contributed by atoms with E-state index in [2.05, 4.69) is 4.98 Å². The number of aromatic nitrogens is 1. The fourth-order valence-corrected chi connectivity index (χ4v) is 3.87. The summed E-state index contributed by atoms with van der Waals surface area (Å²) in [4.78, 5) is 15.2. The zero-order chi connectivity index (χ0) is 14.9. The van der Waals surface area contributed by atoms with Crippen molar-refractivity contribution in [2.75, 3.05) is 13.2 Å². The number of sulfonamides is 1. The summed E-state index contributed by atoms with van der Waals surface area (Å²) in [5.74, 6) is -1.22. The molecule has 0 unspecified atom stereocenters. The van der Waals surface area contributed by atoms with Crippen molar-refractivity contribution >= 4 is 16.0 Å². The van der Waals surface area contributed by atoms with Crippen molar-refractivity contribution in [3.8, 4) is 0 Å². The van der Waals surface area contributed by atoms with Gasteiger partial charge in [0, 0.05) is 18.9 Å². The number of pyridine rings is 1. The van der Waals surface area contributed by atoms with E-state index < -0.39 is 28.1 Å². The molecule has 0 amide bonds. The lowest BCUT2D eigenvalue weighted by molar-refractivity contribution is -0.150. The van der Waals surface area contributed by atoms with E-state index in [9.17, 15) is 18.3 Å². The quantitative estimate of drug-likeness (QED) is 0.859. The smallest absolute Gasteiger partial charge is 0.324 e. The highest BCUT2D eigenvalue weighted by Crippen LogP contribution is 2.23. The van der Waals surface area contributed by atoms with Gasteiger partial charge in [-0.2, -0.15) is 4.31 Å². The molecule has 20 heavy (non-hydrogen) atoms. The van der Waals surface area contributed by atoms with Crippen LogP contribution < -0.4 is 0 Å². The van der Waals surface area contributed by atoms with E-state index in [1.807, 2.05) is 0 Å². The molecule has 0 spiro atoms. The summed E-state index contributed by atoms with van der Waals surface area (Å²) in [6.07, 6.45) is 2.06. The number of hydrogen-bond donors (Lipinski definition) is 1. The van der Waals surface area contributed by atoms with Gasteiger partial charge < -0.3 is 9.84 Å². The third kappa shape index (κ3) is 2.67. The van der Waals surface area contributed by atoms with Gasteiger partial charge in [0.05, 0.1) is 12.7 Å². The Balaban J connectivity index is 2.44. The first-order valence-corrected chi connectivity index (χ1v) is 7.56. The first kappa shape index (κ1) is 14.9. The largest absolute Gasteiger partial charge is 0.480 e. The molecule has 1 aromatic heterocycles. The molecule has 2 heterocycles. The molecule has 0 radical (unpaired) electrons. The predicted molar refractivity (Wildman–Crippen MR) is 69.7 cm³/mol. The van der Waals surface area contributed by atoms with Crippen molar-refractivity contribution in [1.82, 2.24) is 9.29 Å². The summed E-state index contributed by atoms with van der Waals surface area (Å²) in [7, 11) is -3.90. The van der Waals surface area contributed by atoms with Crippen LogP contribution in [0.2, 0.25) is 0 Å². The number of carboxylic acid groups (broad SMARTS) is 1. The highest BCUT2D eigenvalue weighted by atomic mass is 32.2. The predicted octanol–water partition coefficient (Wildman–Crippen LogP) is 0.253. The van der Waals surface area contributed by atoms with Crippen LogP contribution in [-0.4, -0.2) is 54.1 Å². The number of carbonyl (C=O) groups is 1. The van der Waals surface area contributed by atoms with Gasteiger partial charge in [-0.3, -0.25) is 9.78 Å². The molecular weight excluding hydrogens is 284 g/mol. The fraction of sp³-hybridized carbons (Fsp3) is 0.500. The second kappa shape index (κ2) is 5.47. The zero-order valence-corrected chi connectivity index (χ0v) is 12.0. The lowest BCUT2D eigenvalue weighted by Gasteiger charge is -2.36. The van der Waals surface area contributed by atoms with Gasteiger partial charge in [0.25, 0.3) is 0 Å². The molecule has 2 rings (SSSR count). The minimum absolute atomic E-state index is 0.00199. The first-order valence-electron chi connectivity index (χ1n) is 6.12. The van der Waals surface area contributed by atoms with E-state index in [0.717, 1.165) is 4.31 Å². The van der Waals surface area contributed by atoms with E-state index in [1.165, 1.54) is 18.5 Å². The highest BCUT2D eigenvalue weighted by molar-refractivity contribution is 7.89. The average molecular weight is 300 g/mol. The van der Waals surface area contributed by atoms with Crippen LogP contribution in [0.5, 0.6) is 0 Å². The second-order valence-corrected chi connectivity index (χ2v) is 6.56. The van der Waals surface area contributed by atoms with E-state index in [0.29, 0.717) is 5.56 Å². The van der Waals surface area contributed by atoms with Crippen LogP contribution >= 0.6 is 0 Å². The number of nitrogens with zero attached hydrogens (tertiary/aromatic N) is 2. The molecule has 8 heteroatoms. The van der Waals surface area contributed by atoms with Gasteiger partial charge in [-0.25, -0.2) is 8.42 Å². The molecule has 0 aliphatic carbocycles. The van der Waals surface area contributed by atoms with Crippen molar-refractivity contribution < 1.29 is 23.1 Å². The molecule has 0 bridgehead atoms. The summed E-state index contributed by atoms with van der Waals surface area (Å²) in [6.45, 7) is 3.46. The first-order chi connectivity index (χ1) is 9.34. The molecule has 0 aromatic carbocycles. The van der Waals surface area contributed by atoms with Gasteiger partial charge in [-0.1, -0.05) is 0 Å². The van der Waals surface area contributed by atoms with E-state index in [-0.39, 0.29) is 18.0 Å². The average Bonchev–Trinajstić information content (AvgIpc) is 2.38. The van der Waals surface area contributed by atoms with Gasteiger partial charge in [-0.15, -0.1) is 0 Å². The van der Waals surface area contributed by atoms with Crippen molar-refractivity contribution in [2.45, 2.75) is 30.9 Å². The molecule has 1 aromatic rings. The number of aryl methyl sites for hydroxylation is 1. The maximum absolute atomic E-state index is 12.6. The van der Waals surface area contributed by atoms with Crippen molar-refractivity contribution in [3.05, 3.63) is 24.0 Å². The molecule has 110 valence electrons. The number of morpholine rings is 1. The Morgan fingerprint density at radius 1 is 1.50 bits per heavy atom. The van der Waals surface area contributed by atoms with E-state index in [1.54, 1.807) is 13.8 Å². The minimum atomic E-state index is -3.90. The van der Waals surface area contributed by atoms with E-state index in [4.69, 9.17) is 4.74 Å². The van der Waals surface area contributed by atoms with Gasteiger partial charge in [-0.05, 0) is 25.5 Å². The van der Waals surface area contributed by atoms with Gasteiger partial charge in [0.1, 0.15) is 10.9 Å². The number of aliphatic carboxylic acids is 1. The Hall–Kier alpha value is -1.51. The van der Waals surface area contributed by atoms with Crippen LogP contribution in [0.3, 0.4) is 0 Å². The maximum Gasteiger partial charge on any atom is 0.324 e. The van der Waals surface area contributed by atoms with Crippen LogP contribution in [-0.2, 0) is 19.6 Å². The van der Waals surface area contributed by atoms with Crippen LogP contribution in [0.4, 0.5) is 0 Å². The Bertz CT molecular complexity index is 616. The maximum atomic E-state index is 12.6. The van der Waals surface area contributed by atoms with Gasteiger partial charge in [0.15, 0.2) is 0 Å². The Kier molecular flexibility index (Phi) is 4.07. The molecular formula is C12H16N2O5S. The van der Waals surface area contributed by atoms with Crippen molar-refractivity contribution in [2.24, 2.45) is 0 Å². The summed E-state index contributed by atoms with van der Waals surface area (Å²) >= 11 is 0. The topological polar surface area (TPSA) is 96.8 Å². The lowest BCUT2D eigenvalue weighted by atomic mass is 10.1. The number of hydrogen-bond acceptors (Lipinski definition) is 5. The number of ether oxygens (including phenoxy) is 1. The summed E-state index contributed by atoms with van der Waals surface area (Å²) in [5.41, 5.74) is 0.694. The second-order valence-electron chi connectivity index (χ2n) is 4.67. The third-order valence-electron chi connectivity index (χ3n) is 3.16. The SMILES string of the molecule is Cc1cncc(S(=O)(=O)N2CCO[C@H](C)[C@H]2C(=O)O)c1. The molecule has 1 fully saturated rings. The molecule has 1 N–H and O–H groups in total. The van der Waals surface area contributed by atoms with Crippen LogP contribution in [0.15, 0.2) is 23.4 Å². The number of carboxylic acids is 1. The monoisotopic (exact) mass is 300 g/mol. The Labute approximate surface area is 117 Å². The Morgan fingerprint density at radius 3 is 2.80 bits per heavy atom. The molecule has 7 nitrogen and oxygen atoms in total. The molecule has 1 aliphatic rings. The Morgan fingerprint density at radius 2 is 2.20 bits per heavy atom. The lowest BCUT2D eigenvalue weighted by Crippen LogP contribution is -2.56. The molecule has 2 atom stereocenters. The standard InChI is InChI=1S/C12H16N2O5S/c1-8-5-10(7-13-6-8)20(17,18)14-3-4-19-9(2)11(14)12(15)16/h5-7,9,11H,3-4H2,1-2H3,(H,15,16)/t9-,11+/m1/s1. The van der Waals surface area contributed by atoms with Crippen molar-refractivity contribution in [3.63, 3.8) is 0 Å². The normalized spacial score (nSPS) is 24.5. The van der Waals surface area contributed by atoms with Crippen LogP contribution in [0.25, 0.3) is 0 Å². The zero-order valence-electron chi connectivity index (χ0n) is 11.2. The summed E-state index contributed by atoms with van der Waals surface area (Å²) in [6, 6.07) is 0.246. The van der Waals surface area contributed by atoms with Crippen LogP contribution in [0.1, 0.15) is 12.5 Å². The molecule has 0 saturated carbocycles. The van der Waals surface area contributed by atoms with Crippen LogP contribution in [0, 0.1) is 6.92 Å². The minimum Gasteiger partial charge on any atom is -0.480 e. The summed E-state index contributed by atoms with van der Waals surface area (Å²) < 4.78 is 31.3. The molecule has 1 saturated heterocycles. The third-order valence-corrected chi connectivity index (χ3v) is 5.00. The summed E-state index contributed by atoms with van der Waals surface area (Å²) in [5, 5.41) is 9.24. The fourth-order valence-electron chi connectivity index (χ4n) is 2.19. The number of rotatable bonds is 3. The highest BCUT2D eigenvalue weighted by Gasteiger charge is 2.42. The molecule has 1 aliphatic heterocycles. The van der Waals surface area contributed by atoms with E-state index >= 15 is 0 Å². The van der Waals surface area contributed by atoms with Gasteiger partial charge >= 0.3 is 5.97 Å².